The van der Waals surface area contributed by atoms with E-state index in [9.17, 15) is 5.11 Å². The van der Waals surface area contributed by atoms with E-state index < -0.39 is 0 Å². The number of rotatable bonds is 3. The third-order valence-corrected chi connectivity index (χ3v) is 4.44. The smallest absolute Gasteiger partial charge is 0.0731 e. The summed E-state index contributed by atoms with van der Waals surface area (Å²) >= 11 is 0. The Kier molecular flexibility index (Phi) is 3.70. The number of aliphatic hydroxyl groups is 1. The molecule has 0 aromatic heterocycles. The molecule has 3 aromatic carbocycles. The van der Waals surface area contributed by atoms with Gasteiger partial charge in [0.15, 0.2) is 0 Å². The van der Waals surface area contributed by atoms with Crippen molar-refractivity contribution in [1.82, 2.24) is 0 Å². The van der Waals surface area contributed by atoms with E-state index in [1.54, 1.807) is 0 Å². The topological polar surface area (TPSA) is 29.5 Å². The summed E-state index contributed by atoms with van der Waals surface area (Å²) in [5.41, 5.74) is 8.01. The zero-order valence-electron chi connectivity index (χ0n) is 12.8. The quantitative estimate of drug-likeness (QED) is 0.769. The Morgan fingerprint density at radius 3 is 2.04 bits per heavy atom. The molecule has 4 rings (SSSR count). The van der Waals surface area contributed by atoms with E-state index in [2.05, 4.69) is 30.3 Å². The van der Waals surface area contributed by atoms with E-state index in [4.69, 9.17) is 4.74 Å². The first kappa shape index (κ1) is 14.2. The van der Waals surface area contributed by atoms with Crippen LogP contribution in [0, 0.1) is 0 Å². The van der Waals surface area contributed by atoms with Gasteiger partial charge in [-0.1, -0.05) is 60.7 Å². The van der Waals surface area contributed by atoms with Gasteiger partial charge >= 0.3 is 0 Å². The van der Waals surface area contributed by atoms with Crippen LogP contribution in [-0.4, -0.2) is 5.11 Å². The Labute approximate surface area is 136 Å². The first-order chi connectivity index (χ1) is 11.4. The van der Waals surface area contributed by atoms with E-state index in [0.29, 0.717) is 13.2 Å². The summed E-state index contributed by atoms with van der Waals surface area (Å²) in [5, 5.41) is 9.94. The summed E-state index contributed by atoms with van der Waals surface area (Å²) in [6.45, 7) is 1.26. The summed E-state index contributed by atoms with van der Waals surface area (Å²) in [5.74, 6) is 0. The van der Waals surface area contributed by atoms with Crippen molar-refractivity contribution in [2.75, 3.05) is 0 Å². The molecule has 0 saturated heterocycles. The van der Waals surface area contributed by atoms with Gasteiger partial charge in [0.2, 0.25) is 0 Å². The van der Waals surface area contributed by atoms with Crippen LogP contribution in [-0.2, 0) is 24.6 Å². The fraction of sp³-hybridized carbons (Fsp3) is 0.143. The van der Waals surface area contributed by atoms with Crippen LogP contribution in [0.1, 0.15) is 16.7 Å². The van der Waals surface area contributed by atoms with E-state index in [0.717, 1.165) is 16.7 Å². The molecule has 0 unspecified atom stereocenters. The second kappa shape index (κ2) is 5.99. The van der Waals surface area contributed by atoms with Crippen LogP contribution in [0.5, 0.6) is 0 Å². The van der Waals surface area contributed by atoms with Gasteiger partial charge in [0.05, 0.1) is 19.8 Å². The highest BCUT2D eigenvalue weighted by molar-refractivity contribution is 5.80. The van der Waals surface area contributed by atoms with Gasteiger partial charge < -0.3 is 9.84 Å². The van der Waals surface area contributed by atoms with Gasteiger partial charge in [-0.05, 0) is 45.0 Å². The molecule has 1 aliphatic heterocycles. The molecule has 0 fully saturated rings. The number of benzene rings is 3. The predicted octanol–water partition coefficient (Wildman–Crippen LogP) is 4.54. The van der Waals surface area contributed by atoms with Gasteiger partial charge in [-0.15, -0.1) is 0 Å². The van der Waals surface area contributed by atoms with E-state index in [1.165, 1.54) is 22.3 Å². The molecule has 0 aliphatic carbocycles. The fourth-order valence-electron chi connectivity index (χ4n) is 3.38. The average Bonchev–Trinajstić information content (AvgIpc) is 3.11. The molecule has 3 aromatic rings. The molecule has 23 heavy (non-hydrogen) atoms. The van der Waals surface area contributed by atoms with Crippen LogP contribution in [0.25, 0.3) is 22.3 Å². The average molecular weight is 302 g/mol. The second-order valence-electron chi connectivity index (χ2n) is 5.80. The predicted molar refractivity (Wildman–Crippen MR) is 91.7 cm³/mol. The molecule has 0 saturated carbocycles. The van der Waals surface area contributed by atoms with E-state index in [1.807, 2.05) is 36.4 Å². The Bertz CT molecular complexity index is 823. The van der Waals surface area contributed by atoms with Gasteiger partial charge in [-0.3, -0.25) is 0 Å². The zero-order chi connectivity index (χ0) is 15.6. The van der Waals surface area contributed by atoms with E-state index >= 15 is 0 Å². The lowest BCUT2D eigenvalue weighted by molar-refractivity contribution is 0.135. The number of fused-ring (bicyclic) bond motifs is 1. The molecule has 0 amide bonds. The zero-order valence-corrected chi connectivity index (χ0v) is 12.8. The molecule has 2 nitrogen and oxygen atoms in total. The summed E-state index contributed by atoms with van der Waals surface area (Å²) < 4.78 is 5.76. The van der Waals surface area contributed by atoms with Crippen LogP contribution in [0.15, 0.2) is 66.7 Å². The van der Waals surface area contributed by atoms with Crippen molar-refractivity contribution in [3.05, 3.63) is 83.4 Å². The largest absolute Gasteiger partial charge is 0.392 e. The Morgan fingerprint density at radius 1 is 0.783 bits per heavy atom. The minimum absolute atomic E-state index is 0.0251. The number of ether oxygens (including phenoxy) is 1. The van der Waals surface area contributed by atoms with Crippen molar-refractivity contribution in [2.24, 2.45) is 0 Å². The maximum atomic E-state index is 9.94. The summed E-state index contributed by atoms with van der Waals surface area (Å²) in [6.07, 6.45) is 0. The summed E-state index contributed by atoms with van der Waals surface area (Å²) in [6, 6.07) is 22.7. The van der Waals surface area contributed by atoms with Crippen molar-refractivity contribution >= 4 is 0 Å². The molecular weight excluding hydrogens is 284 g/mol. The highest BCUT2D eigenvalue weighted by Gasteiger charge is 2.23. The molecule has 1 heterocycles. The van der Waals surface area contributed by atoms with Crippen LogP contribution >= 0.6 is 0 Å². The number of aliphatic hydroxyl groups excluding tert-OH is 1. The van der Waals surface area contributed by atoms with Crippen LogP contribution in [0.4, 0.5) is 0 Å². The lowest BCUT2D eigenvalue weighted by Crippen LogP contribution is -1.99. The Morgan fingerprint density at radius 2 is 1.39 bits per heavy atom. The maximum Gasteiger partial charge on any atom is 0.0731 e. The van der Waals surface area contributed by atoms with Crippen molar-refractivity contribution in [3.8, 4) is 22.3 Å². The minimum Gasteiger partial charge on any atom is -0.392 e. The first-order valence-corrected chi connectivity index (χ1v) is 7.85. The lowest BCUT2D eigenvalue weighted by atomic mass is 9.87. The molecule has 2 heteroatoms. The Balaban J connectivity index is 1.98. The highest BCUT2D eigenvalue weighted by Crippen LogP contribution is 2.40. The third-order valence-electron chi connectivity index (χ3n) is 4.44. The molecule has 1 aliphatic rings. The second-order valence-corrected chi connectivity index (χ2v) is 5.80. The summed E-state index contributed by atoms with van der Waals surface area (Å²) in [4.78, 5) is 0. The molecular formula is C21H18O2. The van der Waals surface area contributed by atoms with Gasteiger partial charge in [0.25, 0.3) is 0 Å². The van der Waals surface area contributed by atoms with Crippen molar-refractivity contribution in [1.29, 1.82) is 0 Å². The molecule has 1 N–H and O–H groups in total. The fourth-order valence-corrected chi connectivity index (χ4v) is 3.38. The van der Waals surface area contributed by atoms with Crippen molar-refractivity contribution in [2.45, 2.75) is 19.8 Å². The minimum atomic E-state index is 0.0251. The van der Waals surface area contributed by atoms with E-state index in [-0.39, 0.29) is 6.61 Å². The third kappa shape index (κ3) is 2.46. The highest BCUT2D eigenvalue weighted by atomic mass is 16.5. The first-order valence-electron chi connectivity index (χ1n) is 7.85. The molecule has 0 radical (unpaired) electrons. The lowest BCUT2D eigenvalue weighted by Gasteiger charge is -2.17. The van der Waals surface area contributed by atoms with Gasteiger partial charge in [-0.25, -0.2) is 0 Å². The van der Waals surface area contributed by atoms with Gasteiger partial charge in [-0.2, -0.15) is 0 Å². The monoisotopic (exact) mass is 302 g/mol. The summed E-state index contributed by atoms with van der Waals surface area (Å²) in [7, 11) is 0. The number of hydrogen-bond acceptors (Lipinski definition) is 2. The maximum absolute atomic E-state index is 9.94. The van der Waals surface area contributed by atoms with Gasteiger partial charge in [0, 0.05) is 0 Å². The van der Waals surface area contributed by atoms with Crippen molar-refractivity contribution < 1.29 is 9.84 Å². The molecule has 114 valence electrons. The SMILES string of the molecule is OCc1cc(-c2ccccc2)c2c(c1-c1ccccc1)COC2. The Hall–Kier alpha value is -2.42. The normalized spacial score (nSPS) is 13.1. The molecule has 0 atom stereocenters. The van der Waals surface area contributed by atoms with Crippen molar-refractivity contribution in [3.63, 3.8) is 0 Å². The molecule has 0 spiro atoms. The van der Waals surface area contributed by atoms with Crippen LogP contribution in [0.3, 0.4) is 0 Å². The van der Waals surface area contributed by atoms with Gasteiger partial charge in [0.1, 0.15) is 0 Å². The molecule has 0 bridgehead atoms. The standard InChI is InChI=1S/C21H18O2/c22-12-17-11-18(15-7-3-1-4-8-15)19-13-23-14-20(19)21(17)16-9-5-2-6-10-16/h1-11,22H,12-14H2. The number of hydrogen-bond donors (Lipinski definition) is 1. The van der Waals surface area contributed by atoms with Crippen LogP contribution in [0.2, 0.25) is 0 Å². The van der Waals surface area contributed by atoms with Crippen LogP contribution < -0.4 is 0 Å².